The van der Waals surface area contributed by atoms with E-state index in [-0.39, 0.29) is 19.4 Å². The second kappa shape index (κ2) is 45.0. The number of aliphatic hydroxyl groups is 7. The zero-order valence-electron chi connectivity index (χ0n) is 45.6. The molecule has 0 saturated carbocycles. The predicted molar refractivity (Wildman–Crippen MR) is 284 cm³/mol. The number of carbonyl (C=O) groups is 2. The van der Waals surface area contributed by atoms with Gasteiger partial charge in [0.15, 0.2) is 18.7 Å². The maximum Gasteiger partial charge on any atom is 0.306 e. The molecule has 0 aromatic heterocycles. The highest BCUT2D eigenvalue weighted by Crippen LogP contribution is 2.27. The number of ether oxygens (including phenoxy) is 6. The van der Waals surface area contributed by atoms with Gasteiger partial charge in [0.2, 0.25) is 0 Å². The fourth-order valence-corrected chi connectivity index (χ4v) is 9.38. The molecule has 2 heterocycles. The minimum atomic E-state index is -1.77. The van der Waals surface area contributed by atoms with Gasteiger partial charge in [0.1, 0.15) is 55.4 Å². The van der Waals surface area contributed by atoms with Crippen LogP contribution >= 0.6 is 0 Å². The number of hydrogen-bond acceptors (Lipinski definition) is 15. The molecule has 0 spiro atoms. The van der Waals surface area contributed by atoms with Crippen molar-refractivity contribution in [2.45, 2.75) is 306 Å². The van der Waals surface area contributed by atoms with E-state index in [1.165, 1.54) is 161 Å². The summed E-state index contributed by atoms with van der Waals surface area (Å²) in [6.07, 6.45) is 32.1. The molecule has 4 unspecified atom stereocenters. The van der Waals surface area contributed by atoms with Gasteiger partial charge in [0.25, 0.3) is 0 Å². The van der Waals surface area contributed by atoms with E-state index < -0.39 is 99.3 Å². The van der Waals surface area contributed by atoms with Crippen LogP contribution in [0, 0.1) is 0 Å². The van der Waals surface area contributed by atoms with Crippen LogP contribution in [-0.4, -0.2) is 142 Å². The summed E-state index contributed by atoms with van der Waals surface area (Å²) in [6.45, 7) is 2.59. The molecule has 15 nitrogen and oxygen atoms in total. The fraction of sp³-hybridized carbons (Fsp3) is 0.897. The highest BCUT2D eigenvalue weighted by molar-refractivity contribution is 5.70. The normalized spacial score (nSPS) is 24.9. The molecule has 0 bridgehead atoms. The first kappa shape index (κ1) is 67.1. The molecule has 2 saturated heterocycles. The van der Waals surface area contributed by atoms with Crippen molar-refractivity contribution in [3.05, 3.63) is 24.3 Å². The summed E-state index contributed by atoms with van der Waals surface area (Å²) in [4.78, 5) is 25.9. The Morgan fingerprint density at radius 2 is 0.836 bits per heavy atom. The van der Waals surface area contributed by atoms with Gasteiger partial charge in [0.05, 0.1) is 19.8 Å². The Labute approximate surface area is 441 Å². The highest BCUT2D eigenvalue weighted by Gasteiger charge is 2.47. The molecule has 2 aliphatic heterocycles. The summed E-state index contributed by atoms with van der Waals surface area (Å²) in [5.74, 6) is -0.965. The molecule has 2 rings (SSSR count). The smallest absolute Gasteiger partial charge is 0.306 e. The number of hydrogen-bond donors (Lipinski definition) is 7. The number of rotatable bonds is 47. The van der Waals surface area contributed by atoms with Crippen LogP contribution in [0.1, 0.15) is 239 Å². The van der Waals surface area contributed by atoms with Crippen LogP contribution in [0.4, 0.5) is 0 Å². The van der Waals surface area contributed by atoms with E-state index in [0.717, 1.165) is 32.1 Å². The van der Waals surface area contributed by atoms with E-state index in [1.807, 2.05) is 0 Å². The molecule has 2 aliphatic rings. The molecule has 15 heteroatoms. The van der Waals surface area contributed by atoms with Crippen molar-refractivity contribution in [2.24, 2.45) is 0 Å². The maximum atomic E-state index is 13.1. The largest absolute Gasteiger partial charge is 0.462 e. The van der Waals surface area contributed by atoms with Crippen LogP contribution < -0.4 is 0 Å². The van der Waals surface area contributed by atoms with Crippen molar-refractivity contribution < 1.29 is 73.8 Å². The van der Waals surface area contributed by atoms with Gasteiger partial charge in [-0.1, -0.05) is 212 Å². The number of aliphatic hydroxyl groups excluding tert-OH is 7. The maximum absolute atomic E-state index is 13.1. The van der Waals surface area contributed by atoms with Crippen LogP contribution in [0.25, 0.3) is 0 Å². The Hall–Kier alpha value is -2.02. The minimum Gasteiger partial charge on any atom is -0.462 e. The van der Waals surface area contributed by atoms with Crippen molar-refractivity contribution in [1.29, 1.82) is 0 Å². The topological polar surface area (TPSA) is 231 Å². The molecule has 11 atom stereocenters. The third kappa shape index (κ3) is 32.4. The molecular formula is C58H106O15. The van der Waals surface area contributed by atoms with Crippen molar-refractivity contribution in [3.8, 4) is 0 Å². The van der Waals surface area contributed by atoms with Crippen LogP contribution in [0.2, 0.25) is 0 Å². The van der Waals surface area contributed by atoms with Gasteiger partial charge in [-0.15, -0.1) is 0 Å². The van der Waals surface area contributed by atoms with E-state index in [4.69, 9.17) is 28.4 Å². The standard InChI is InChI=1S/C58H106O15/c1-3-5-7-9-11-13-15-17-19-21-22-23-25-27-29-31-33-35-37-39-41-50(61)71-46(43-68-49(60)40-38-36-34-32-30-28-26-24-20-18-16-14-12-10-8-6-4-2)44-69-57-56(67)54(65)52(63)48(73-57)45-70-58-55(66)53(64)51(62)47(42-59)72-58/h26,28,32,34,46-48,51-59,62-67H,3-25,27,29-31,33,35-45H2,1-2H3/b28-26+,34-32+/t46-,47+,48+,51-,52-,53?,54?,55?,56?,57+,58+/m1/s1. The van der Waals surface area contributed by atoms with Gasteiger partial charge >= 0.3 is 11.9 Å². The lowest BCUT2D eigenvalue weighted by atomic mass is 9.98. The molecule has 0 aromatic rings. The number of unbranched alkanes of at least 4 members (excludes halogenated alkanes) is 29. The second-order valence-electron chi connectivity index (χ2n) is 20.8. The fourth-order valence-electron chi connectivity index (χ4n) is 9.38. The minimum absolute atomic E-state index is 0.157. The summed E-state index contributed by atoms with van der Waals surface area (Å²) in [5.41, 5.74) is 0. The Kier molecular flexibility index (Phi) is 41.4. The van der Waals surface area contributed by atoms with Crippen LogP contribution in [0.3, 0.4) is 0 Å². The van der Waals surface area contributed by atoms with Gasteiger partial charge in [-0.05, 0) is 38.5 Å². The summed E-state index contributed by atoms with van der Waals surface area (Å²) >= 11 is 0. The third-order valence-corrected chi connectivity index (χ3v) is 14.2. The molecule has 73 heavy (non-hydrogen) atoms. The van der Waals surface area contributed by atoms with Gasteiger partial charge in [-0.25, -0.2) is 0 Å². The van der Waals surface area contributed by atoms with Crippen molar-refractivity contribution >= 4 is 11.9 Å². The van der Waals surface area contributed by atoms with E-state index in [2.05, 4.69) is 38.2 Å². The summed E-state index contributed by atoms with van der Waals surface area (Å²) in [7, 11) is 0. The first-order valence-electron chi connectivity index (χ1n) is 29.4. The molecule has 0 radical (unpaired) electrons. The van der Waals surface area contributed by atoms with Crippen molar-refractivity contribution in [3.63, 3.8) is 0 Å². The van der Waals surface area contributed by atoms with E-state index in [9.17, 15) is 45.3 Å². The molecule has 0 amide bonds. The molecule has 428 valence electrons. The lowest BCUT2D eigenvalue weighted by Crippen LogP contribution is -2.61. The second-order valence-corrected chi connectivity index (χ2v) is 20.8. The summed E-state index contributed by atoms with van der Waals surface area (Å²) < 4.78 is 33.7. The number of carbonyl (C=O) groups excluding carboxylic acids is 2. The summed E-state index contributed by atoms with van der Waals surface area (Å²) in [5, 5.41) is 72.3. The van der Waals surface area contributed by atoms with Crippen LogP contribution in [-0.2, 0) is 38.0 Å². The quantitative estimate of drug-likeness (QED) is 0.0171. The van der Waals surface area contributed by atoms with Crippen LogP contribution in [0.15, 0.2) is 24.3 Å². The third-order valence-electron chi connectivity index (χ3n) is 14.2. The Morgan fingerprint density at radius 1 is 0.438 bits per heavy atom. The average molecular weight is 1040 g/mol. The van der Waals surface area contributed by atoms with Gasteiger partial charge in [-0.2, -0.15) is 0 Å². The predicted octanol–water partition coefficient (Wildman–Crippen LogP) is 9.89. The monoisotopic (exact) mass is 1040 g/mol. The summed E-state index contributed by atoms with van der Waals surface area (Å²) in [6, 6.07) is 0. The zero-order chi connectivity index (χ0) is 53.2. The zero-order valence-corrected chi connectivity index (χ0v) is 45.6. The van der Waals surface area contributed by atoms with Gasteiger partial charge in [-0.3, -0.25) is 9.59 Å². The Balaban J connectivity index is 1.76. The first-order valence-corrected chi connectivity index (χ1v) is 29.4. The molecule has 7 N–H and O–H groups in total. The van der Waals surface area contributed by atoms with Gasteiger partial charge < -0.3 is 64.2 Å². The Bertz CT molecular complexity index is 1360. The molecule has 0 aliphatic carbocycles. The van der Waals surface area contributed by atoms with Gasteiger partial charge in [0, 0.05) is 12.8 Å². The molecular weight excluding hydrogens is 937 g/mol. The van der Waals surface area contributed by atoms with Crippen LogP contribution in [0.5, 0.6) is 0 Å². The Morgan fingerprint density at radius 3 is 1.32 bits per heavy atom. The number of esters is 2. The lowest BCUT2D eigenvalue weighted by Gasteiger charge is -2.42. The van der Waals surface area contributed by atoms with E-state index in [1.54, 1.807) is 0 Å². The lowest BCUT2D eigenvalue weighted by molar-refractivity contribution is -0.332. The molecule has 2 fully saturated rings. The first-order chi connectivity index (χ1) is 35.5. The SMILES string of the molecule is CCCCCCCCCCC/C=C/C/C=C/CCCC(=O)OC[C@H](CO[C@H]1O[C@@H](CO[C@H]2O[C@@H](CO)[C@@H](O)C(O)C2O)[C@@H](O)C(O)C1O)OC(=O)CCCCCCCCCCCCCCCCCCCCCC. The van der Waals surface area contributed by atoms with E-state index >= 15 is 0 Å². The molecule has 0 aromatic carbocycles. The average Bonchev–Trinajstić information content (AvgIpc) is 3.38. The highest BCUT2D eigenvalue weighted by atomic mass is 16.7. The van der Waals surface area contributed by atoms with Crippen molar-refractivity contribution in [2.75, 3.05) is 26.4 Å². The van der Waals surface area contributed by atoms with Crippen molar-refractivity contribution in [1.82, 2.24) is 0 Å². The van der Waals surface area contributed by atoms with E-state index in [0.29, 0.717) is 19.3 Å². The number of allylic oxidation sites excluding steroid dienone is 4.